The van der Waals surface area contributed by atoms with E-state index < -0.39 is 34.9 Å². The molecule has 3 aromatic rings. The molecule has 2 heterocycles. The number of aromatic nitrogens is 4. The molecule has 0 fully saturated rings. The fourth-order valence-corrected chi connectivity index (χ4v) is 3.42. The van der Waals surface area contributed by atoms with Crippen LogP contribution in [0.1, 0.15) is 16.8 Å². The van der Waals surface area contributed by atoms with E-state index in [2.05, 4.69) is 20.2 Å². The topological polar surface area (TPSA) is 64.7 Å². The normalized spacial score (nSPS) is 12.4. The number of nitrogens with zero attached hydrogens (tertiary/aromatic N) is 4. The molecule has 0 saturated heterocycles. The second-order valence-electron chi connectivity index (χ2n) is 5.60. The Bertz CT molecular complexity index is 1000. The van der Waals surface area contributed by atoms with Crippen molar-refractivity contribution in [3.05, 3.63) is 41.1 Å². The monoisotopic (exact) mass is 452 g/mol. The lowest BCUT2D eigenvalue weighted by molar-refractivity contribution is -0.143. The van der Waals surface area contributed by atoms with Crippen molar-refractivity contribution in [2.75, 3.05) is 6.26 Å². The van der Waals surface area contributed by atoms with Gasteiger partial charge in [-0.1, -0.05) is 11.8 Å². The lowest BCUT2D eigenvalue weighted by atomic mass is 10.0. The standard InChI is InChI=1S/C16H10F6N4OS2/c1-7-3-11(24-13(23-7)28-2)29-14-26-25-12(27-14)8-4-9(15(17,18)19)6-10(5-8)16(20,21)22/h3-6H,1-2H3. The number of hydrogen-bond acceptors (Lipinski definition) is 7. The van der Waals surface area contributed by atoms with Gasteiger partial charge < -0.3 is 4.42 Å². The van der Waals surface area contributed by atoms with Gasteiger partial charge in [-0.2, -0.15) is 26.3 Å². The predicted octanol–water partition coefficient (Wildman–Crippen LogP) is 5.75. The summed E-state index contributed by atoms with van der Waals surface area (Å²) in [4.78, 5) is 8.38. The number of aryl methyl sites for hydroxylation is 1. The fourth-order valence-electron chi connectivity index (χ4n) is 2.19. The summed E-state index contributed by atoms with van der Waals surface area (Å²) in [7, 11) is 0. The number of thioether (sulfide) groups is 1. The Morgan fingerprint density at radius 1 is 0.862 bits per heavy atom. The molecule has 0 radical (unpaired) electrons. The van der Waals surface area contributed by atoms with Crippen molar-refractivity contribution in [2.24, 2.45) is 0 Å². The zero-order valence-corrected chi connectivity index (χ0v) is 16.2. The molecule has 2 aromatic heterocycles. The van der Waals surface area contributed by atoms with Crippen molar-refractivity contribution in [3.8, 4) is 11.5 Å². The molecule has 0 spiro atoms. The quantitative estimate of drug-likeness (QED) is 0.216. The maximum absolute atomic E-state index is 13.0. The van der Waals surface area contributed by atoms with E-state index in [1.165, 1.54) is 11.8 Å². The highest BCUT2D eigenvalue weighted by atomic mass is 32.2. The summed E-state index contributed by atoms with van der Waals surface area (Å²) >= 11 is 2.22. The van der Waals surface area contributed by atoms with Crippen molar-refractivity contribution < 1.29 is 30.8 Å². The van der Waals surface area contributed by atoms with Gasteiger partial charge in [0.25, 0.3) is 5.22 Å². The molecule has 0 N–H and O–H groups in total. The third-order valence-electron chi connectivity index (χ3n) is 3.43. The second kappa shape index (κ2) is 7.86. The van der Waals surface area contributed by atoms with E-state index in [1.54, 1.807) is 19.2 Å². The molecule has 3 rings (SSSR count). The van der Waals surface area contributed by atoms with Crippen LogP contribution in [0, 0.1) is 6.92 Å². The maximum Gasteiger partial charge on any atom is 0.416 e. The van der Waals surface area contributed by atoms with Crippen molar-refractivity contribution in [1.82, 2.24) is 20.2 Å². The Kier molecular flexibility index (Phi) is 5.81. The molecule has 0 unspecified atom stereocenters. The molecule has 0 bridgehead atoms. The van der Waals surface area contributed by atoms with E-state index in [9.17, 15) is 26.3 Å². The number of hydrogen-bond donors (Lipinski definition) is 0. The van der Waals surface area contributed by atoms with Crippen LogP contribution >= 0.6 is 23.5 Å². The van der Waals surface area contributed by atoms with E-state index in [1.807, 2.05) is 0 Å². The summed E-state index contributed by atoms with van der Waals surface area (Å²) in [6.07, 6.45) is -8.17. The number of alkyl halides is 6. The third-order valence-corrected chi connectivity index (χ3v) is 4.73. The zero-order chi connectivity index (χ0) is 21.4. The SMILES string of the molecule is CSc1nc(C)cc(Sc2nnc(-c3cc(C(F)(F)F)cc(C(F)(F)F)c3)o2)n1. The molecule has 0 amide bonds. The zero-order valence-electron chi connectivity index (χ0n) is 14.6. The lowest BCUT2D eigenvalue weighted by Crippen LogP contribution is -2.11. The van der Waals surface area contributed by atoms with Gasteiger partial charge in [0.2, 0.25) is 5.89 Å². The molecule has 154 valence electrons. The van der Waals surface area contributed by atoms with Crippen LogP contribution in [-0.2, 0) is 12.4 Å². The summed E-state index contributed by atoms with van der Waals surface area (Å²) in [5, 5.41) is 8.09. The van der Waals surface area contributed by atoms with E-state index in [4.69, 9.17) is 4.42 Å². The van der Waals surface area contributed by atoms with Gasteiger partial charge in [-0.05, 0) is 49.2 Å². The van der Waals surface area contributed by atoms with Gasteiger partial charge in [0.05, 0.1) is 11.1 Å². The first kappa shape index (κ1) is 21.4. The Labute approximate surface area is 168 Å². The molecule has 5 nitrogen and oxygen atoms in total. The van der Waals surface area contributed by atoms with E-state index in [0.717, 1.165) is 11.8 Å². The van der Waals surface area contributed by atoms with E-state index >= 15 is 0 Å². The lowest BCUT2D eigenvalue weighted by Gasteiger charge is -2.12. The smallest absolute Gasteiger partial charge is 0.411 e. The van der Waals surface area contributed by atoms with Gasteiger partial charge in [0.1, 0.15) is 5.03 Å². The summed E-state index contributed by atoms with van der Waals surface area (Å²) < 4.78 is 83.3. The van der Waals surface area contributed by atoms with Gasteiger partial charge in [0, 0.05) is 11.3 Å². The predicted molar refractivity (Wildman–Crippen MR) is 92.4 cm³/mol. The molecule has 13 heteroatoms. The highest BCUT2D eigenvalue weighted by Crippen LogP contribution is 2.39. The van der Waals surface area contributed by atoms with Crippen LogP contribution < -0.4 is 0 Å². The number of halogens is 6. The summed E-state index contributed by atoms with van der Waals surface area (Å²) in [5.74, 6) is -0.472. The molecule has 29 heavy (non-hydrogen) atoms. The van der Waals surface area contributed by atoms with Crippen LogP contribution in [0.4, 0.5) is 26.3 Å². The molecule has 0 atom stereocenters. The van der Waals surface area contributed by atoms with E-state index in [-0.39, 0.29) is 11.3 Å². The molecule has 0 aliphatic rings. The summed E-state index contributed by atoms with van der Waals surface area (Å²) in [5.41, 5.74) is -2.76. The van der Waals surface area contributed by atoms with Gasteiger partial charge >= 0.3 is 12.4 Å². The van der Waals surface area contributed by atoms with Crippen LogP contribution in [0.5, 0.6) is 0 Å². The summed E-state index contributed by atoms with van der Waals surface area (Å²) in [6.45, 7) is 1.74. The van der Waals surface area contributed by atoms with Crippen LogP contribution in [-0.4, -0.2) is 26.4 Å². The van der Waals surface area contributed by atoms with Crippen LogP contribution in [0.3, 0.4) is 0 Å². The average molecular weight is 452 g/mol. The van der Waals surface area contributed by atoms with Gasteiger partial charge in [0.15, 0.2) is 5.16 Å². The maximum atomic E-state index is 13.0. The van der Waals surface area contributed by atoms with Gasteiger partial charge in [-0.15, -0.1) is 10.2 Å². The first-order chi connectivity index (χ1) is 13.5. The molecule has 0 aliphatic carbocycles. The highest BCUT2D eigenvalue weighted by Gasteiger charge is 2.37. The molecule has 1 aromatic carbocycles. The van der Waals surface area contributed by atoms with E-state index in [0.29, 0.717) is 28.0 Å². The Hall–Kier alpha value is -2.28. The largest absolute Gasteiger partial charge is 0.416 e. The first-order valence-corrected chi connectivity index (χ1v) is 9.71. The Morgan fingerprint density at radius 3 is 2.03 bits per heavy atom. The minimum atomic E-state index is -4.97. The Balaban J connectivity index is 1.97. The molecule has 0 aliphatic heterocycles. The summed E-state index contributed by atoms with van der Waals surface area (Å²) in [6, 6.07) is 2.71. The molecule has 0 saturated carbocycles. The van der Waals surface area contributed by atoms with Gasteiger partial charge in [-0.3, -0.25) is 0 Å². The number of rotatable bonds is 4. The minimum absolute atomic E-state index is 0.0309. The van der Waals surface area contributed by atoms with Crippen LogP contribution in [0.25, 0.3) is 11.5 Å². The van der Waals surface area contributed by atoms with Crippen molar-refractivity contribution >= 4 is 23.5 Å². The van der Waals surface area contributed by atoms with Crippen LogP contribution in [0.2, 0.25) is 0 Å². The minimum Gasteiger partial charge on any atom is -0.411 e. The number of benzene rings is 1. The Morgan fingerprint density at radius 2 is 1.48 bits per heavy atom. The van der Waals surface area contributed by atoms with Crippen molar-refractivity contribution in [3.63, 3.8) is 0 Å². The fraction of sp³-hybridized carbons (Fsp3) is 0.250. The third kappa shape index (κ3) is 5.21. The van der Waals surface area contributed by atoms with Crippen molar-refractivity contribution in [2.45, 2.75) is 34.7 Å². The van der Waals surface area contributed by atoms with Crippen LogP contribution in [0.15, 0.2) is 44.1 Å². The second-order valence-corrected chi connectivity index (χ2v) is 7.35. The highest BCUT2D eigenvalue weighted by molar-refractivity contribution is 7.99. The first-order valence-electron chi connectivity index (χ1n) is 7.66. The van der Waals surface area contributed by atoms with Crippen molar-refractivity contribution in [1.29, 1.82) is 0 Å². The van der Waals surface area contributed by atoms with Gasteiger partial charge in [-0.25, -0.2) is 9.97 Å². The molecular formula is C16H10F6N4OS2. The molecular weight excluding hydrogens is 442 g/mol. The average Bonchev–Trinajstić information content (AvgIpc) is 3.07.